The highest BCUT2D eigenvalue weighted by molar-refractivity contribution is 5.94. The standard InChI is InChI=1S/C14H21N3O2/c15-7-9-17(12-4-2-1-3-5-12)14(19)11-6-8-16-13(18)10-11/h6,8,10,12H,1-5,7,9,15H2,(H,16,18). The van der Waals surface area contributed by atoms with Crippen molar-refractivity contribution in [1.29, 1.82) is 0 Å². The van der Waals surface area contributed by atoms with Crippen molar-refractivity contribution in [3.63, 3.8) is 0 Å². The van der Waals surface area contributed by atoms with Gasteiger partial charge in [0.2, 0.25) is 5.56 Å². The highest BCUT2D eigenvalue weighted by Crippen LogP contribution is 2.23. The van der Waals surface area contributed by atoms with Crippen LogP contribution >= 0.6 is 0 Å². The van der Waals surface area contributed by atoms with Gasteiger partial charge in [-0.25, -0.2) is 0 Å². The summed E-state index contributed by atoms with van der Waals surface area (Å²) in [5.41, 5.74) is 5.82. The molecule has 3 N–H and O–H groups in total. The Labute approximate surface area is 112 Å². The lowest BCUT2D eigenvalue weighted by molar-refractivity contribution is 0.0641. The van der Waals surface area contributed by atoms with Gasteiger partial charge >= 0.3 is 0 Å². The Balaban J connectivity index is 2.17. The average molecular weight is 263 g/mol. The first-order valence-corrected chi connectivity index (χ1v) is 6.92. The summed E-state index contributed by atoms with van der Waals surface area (Å²) in [6, 6.07) is 3.27. The summed E-state index contributed by atoms with van der Waals surface area (Å²) in [5, 5.41) is 0. The van der Waals surface area contributed by atoms with Crippen molar-refractivity contribution >= 4 is 5.91 Å². The minimum Gasteiger partial charge on any atom is -0.334 e. The normalized spacial score (nSPS) is 16.3. The third kappa shape index (κ3) is 3.44. The third-order valence-electron chi connectivity index (χ3n) is 3.67. The minimum absolute atomic E-state index is 0.0801. The molecule has 1 fully saturated rings. The largest absolute Gasteiger partial charge is 0.334 e. The first-order chi connectivity index (χ1) is 9.22. The number of rotatable bonds is 4. The Morgan fingerprint density at radius 1 is 1.37 bits per heavy atom. The first kappa shape index (κ1) is 13.8. The molecule has 1 aromatic heterocycles. The number of nitrogens with zero attached hydrogens (tertiary/aromatic N) is 1. The molecule has 0 unspecified atom stereocenters. The Hall–Kier alpha value is -1.62. The molecule has 5 heteroatoms. The number of H-pyrrole nitrogens is 1. The molecule has 0 atom stereocenters. The molecule has 1 saturated carbocycles. The average Bonchev–Trinajstić information content (AvgIpc) is 2.45. The Morgan fingerprint density at radius 3 is 2.74 bits per heavy atom. The lowest BCUT2D eigenvalue weighted by Gasteiger charge is -2.34. The van der Waals surface area contributed by atoms with Gasteiger partial charge in [0.05, 0.1) is 0 Å². The fourth-order valence-corrected chi connectivity index (χ4v) is 2.73. The molecule has 104 valence electrons. The monoisotopic (exact) mass is 263 g/mol. The van der Waals surface area contributed by atoms with Gasteiger partial charge in [-0.3, -0.25) is 9.59 Å². The number of aromatic amines is 1. The van der Waals surface area contributed by atoms with Gasteiger partial charge in [0.15, 0.2) is 0 Å². The summed E-state index contributed by atoms with van der Waals surface area (Å²) in [7, 11) is 0. The van der Waals surface area contributed by atoms with E-state index in [1.807, 2.05) is 4.90 Å². The van der Waals surface area contributed by atoms with Gasteiger partial charge in [-0.2, -0.15) is 0 Å². The number of aromatic nitrogens is 1. The lowest BCUT2D eigenvalue weighted by Crippen LogP contribution is -2.44. The minimum atomic E-state index is -0.248. The zero-order chi connectivity index (χ0) is 13.7. The first-order valence-electron chi connectivity index (χ1n) is 6.92. The number of amides is 1. The van der Waals surface area contributed by atoms with E-state index in [9.17, 15) is 9.59 Å². The van der Waals surface area contributed by atoms with E-state index in [0.29, 0.717) is 18.7 Å². The number of nitrogens with one attached hydrogen (secondary N) is 1. The molecule has 5 nitrogen and oxygen atoms in total. The summed E-state index contributed by atoms with van der Waals surface area (Å²) in [4.78, 5) is 28.2. The van der Waals surface area contributed by atoms with E-state index in [-0.39, 0.29) is 17.5 Å². The van der Waals surface area contributed by atoms with E-state index in [1.54, 1.807) is 6.07 Å². The van der Waals surface area contributed by atoms with Crippen LogP contribution in [0.2, 0.25) is 0 Å². The molecule has 1 heterocycles. The summed E-state index contributed by atoms with van der Waals surface area (Å²) in [6.07, 6.45) is 7.15. The van der Waals surface area contributed by atoms with Crippen LogP contribution in [0.3, 0.4) is 0 Å². The number of nitrogens with two attached hydrogens (primary N) is 1. The van der Waals surface area contributed by atoms with Crippen molar-refractivity contribution in [3.8, 4) is 0 Å². The quantitative estimate of drug-likeness (QED) is 0.854. The molecule has 0 spiro atoms. The third-order valence-corrected chi connectivity index (χ3v) is 3.67. The fourth-order valence-electron chi connectivity index (χ4n) is 2.73. The van der Waals surface area contributed by atoms with Crippen molar-refractivity contribution in [2.24, 2.45) is 5.73 Å². The van der Waals surface area contributed by atoms with Crippen LogP contribution in [-0.2, 0) is 0 Å². The molecule has 0 aromatic carbocycles. The summed E-state index contributed by atoms with van der Waals surface area (Å²) in [5.74, 6) is -0.0801. The van der Waals surface area contributed by atoms with E-state index >= 15 is 0 Å². The summed E-state index contributed by atoms with van der Waals surface area (Å²) in [6.45, 7) is 1.00. The van der Waals surface area contributed by atoms with E-state index in [4.69, 9.17) is 5.73 Å². The molecule has 0 radical (unpaired) electrons. The second kappa shape index (κ2) is 6.52. The second-order valence-corrected chi connectivity index (χ2v) is 5.02. The van der Waals surface area contributed by atoms with Crippen LogP contribution in [0.4, 0.5) is 0 Å². The van der Waals surface area contributed by atoms with Gasteiger partial charge < -0.3 is 15.6 Å². The van der Waals surface area contributed by atoms with Crippen molar-refractivity contribution < 1.29 is 4.79 Å². The van der Waals surface area contributed by atoms with Crippen molar-refractivity contribution in [2.45, 2.75) is 38.1 Å². The fraction of sp³-hybridized carbons (Fsp3) is 0.571. The molecule has 2 rings (SSSR count). The van der Waals surface area contributed by atoms with Gasteiger partial charge in [-0.05, 0) is 18.9 Å². The van der Waals surface area contributed by atoms with E-state index < -0.39 is 0 Å². The van der Waals surface area contributed by atoms with Gasteiger partial charge in [-0.15, -0.1) is 0 Å². The van der Waals surface area contributed by atoms with Crippen LogP contribution in [0.15, 0.2) is 23.1 Å². The van der Waals surface area contributed by atoms with Gasteiger partial charge in [0.1, 0.15) is 0 Å². The van der Waals surface area contributed by atoms with Crippen LogP contribution in [0, 0.1) is 0 Å². The second-order valence-electron chi connectivity index (χ2n) is 5.02. The lowest BCUT2D eigenvalue weighted by atomic mass is 9.93. The van der Waals surface area contributed by atoms with E-state index in [2.05, 4.69) is 4.98 Å². The van der Waals surface area contributed by atoms with Gasteiger partial charge in [0, 0.05) is 37.0 Å². The number of pyridine rings is 1. The highest BCUT2D eigenvalue weighted by atomic mass is 16.2. The molecular weight excluding hydrogens is 242 g/mol. The van der Waals surface area contributed by atoms with Crippen molar-refractivity contribution in [1.82, 2.24) is 9.88 Å². The van der Waals surface area contributed by atoms with Crippen LogP contribution in [-0.4, -0.2) is 34.9 Å². The zero-order valence-corrected chi connectivity index (χ0v) is 11.1. The zero-order valence-electron chi connectivity index (χ0n) is 11.1. The smallest absolute Gasteiger partial charge is 0.254 e. The number of carbonyl (C=O) groups excluding carboxylic acids is 1. The number of carbonyl (C=O) groups is 1. The van der Waals surface area contributed by atoms with E-state index in [1.165, 1.54) is 18.7 Å². The molecule has 1 aliphatic rings. The maximum atomic E-state index is 12.5. The number of hydrogen-bond acceptors (Lipinski definition) is 3. The molecule has 1 amide bonds. The Bertz CT molecular complexity index is 478. The Kier molecular flexibility index (Phi) is 4.74. The molecule has 1 aromatic rings. The van der Waals surface area contributed by atoms with Gasteiger partial charge in [0.25, 0.3) is 5.91 Å². The highest BCUT2D eigenvalue weighted by Gasteiger charge is 2.25. The maximum Gasteiger partial charge on any atom is 0.254 e. The van der Waals surface area contributed by atoms with Crippen molar-refractivity contribution in [2.75, 3.05) is 13.1 Å². The topological polar surface area (TPSA) is 79.2 Å². The molecular formula is C14H21N3O2. The summed E-state index contributed by atoms with van der Waals surface area (Å²) < 4.78 is 0. The van der Waals surface area contributed by atoms with Crippen molar-refractivity contribution in [3.05, 3.63) is 34.2 Å². The van der Waals surface area contributed by atoms with Crippen LogP contribution in [0.5, 0.6) is 0 Å². The molecule has 0 bridgehead atoms. The molecule has 1 aliphatic carbocycles. The predicted molar refractivity (Wildman–Crippen MR) is 74.0 cm³/mol. The van der Waals surface area contributed by atoms with E-state index in [0.717, 1.165) is 25.7 Å². The predicted octanol–water partition coefficient (Wildman–Crippen LogP) is 1.11. The molecule has 0 saturated heterocycles. The number of hydrogen-bond donors (Lipinski definition) is 2. The molecule has 19 heavy (non-hydrogen) atoms. The molecule has 0 aliphatic heterocycles. The van der Waals surface area contributed by atoms with Gasteiger partial charge in [-0.1, -0.05) is 19.3 Å². The SMILES string of the molecule is NCCN(C(=O)c1cc[nH]c(=O)c1)C1CCCCC1. The van der Waals surface area contributed by atoms with Crippen LogP contribution < -0.4 is 11.3 Å². The summed E-state index contributed by atoms with van der Waals surface area (Å²) >= 11 is 0. The van der Waals surface area contributed by atoms with Crippen LogP contribution in [0.1, 0.15) is 42.5 Å². The van der Waals surface area contributed by atoms with Crippen LogP contribution in [0.25, 0.3) is 0 Å². The maximum absolute atomic E-state index is 12.5. The Morgan fingerprint density at radius 2 is 2.11 bits per heavy atom.